The van der Waals surface area contributed by atoms with Crippen LogP contribution in [0.3, 0.4) is 0 Å². The number of amides is 2. The van der Waals surface area contributed by atoms with Crippen molar-refractivity contribution in [2.45, 2.75) is 45.2 Å². The van der Waals surface area contributed by atoms with Gasteiger partial charge in [-0.05, 0) is 37.3 Å². The van der Waals surface area contributed by atoms with E-state index in [2.05, 4.69) is 22.3 Å². The Morgan fingerprint density at radius 3 is 2.83 bits per heavy atom. The number of rotatable bonds is 5. The normalized spacial score (nSPS) is 20.2. The summed E-state index contributed by atoms with van der Waals surface area (Å²) in [6.45, 7) is 3.82. The highest BCUT2D eigenvalue weighted by atomic mass is 16.5. The van der Waals surface area contributed by atoms with Crippen LogP contribution in [0.2, 0.25) is 0 Å². The highest BCUT2D eigenvalue weighted by Crippen LogP contribution is 2.37. The van der Waals surface area contributed by atoms with Crippen molar-refractivity contribution >= 4 is 34.1 Å². The molecule has 0 spiro atoms. The Labute approximate surface area is 202 Å². The number of aromatic nitrogens is 5. The maximum Gasteiger partial charge on any atom is 0.259 e. The van der Waals surface area contributed by atoms with Crippen LogP contribution in [0.4, 0.5) is 5.69 Å². The minimum Gasteiger partial charge on any atom is -0.496 e. The van der Waals surface area contributed by atoms with Gasteiger partial charge in [0.25, 0.3) is 5.91 Å². The summed E-state index contributed by atoms with van der Waals surface area (Å²) in [7, 11) is 3.42. The molecule has 5 rings (SSSR count). The van der Waals surface area contributed by atoms with Gasteiger partial charge in [-0.1, -0.05) is 6.92 Å². The molecule has 1 N–H and O–H groups in total. The summed E-state index contributed by atoms with van der Waals surface area (Å²) in [6.07, 6.45) is 9.80. The zero-order valence-corrected chi connectivity index (χ0v) is 20.3. The number of nitrogens with zero attached hydrogens (tertiary/aromatic N) is 6. The molecule has 4 aromatic rings. The molecule has 10 heteroatoms. The van der Waals surface area contributed by atoms with Crippen LogP contribution in [0.1, 0.15) is 49.5 Å². The van der Waals surface area contributed by atoms with E-state index in [0.29, 0.717) is 28.6 Å². The second kappa shape index (κ2) is 9.01. The van der Waals surface area contributed by atoms with E-state index in [-0.39, 0.29) is 23.9 Å². The number of carbonyl (C=O) groups is 2. The topological polar surface area (TPSA) is 107 Å². The van der Waals surface area contributed by atoms with Crippen LogP contribution in [0.15, 0.2) is 43.0 Å². The molecule has 1 aromatic carbocycles. The van der Waals surface area contributed by atoms with Crippen molar-refractivity contribution < 1.29 is 14.3 Å². The Bertz CT molecular complexity index is 1410. The van der Waals surface area contributed by atoms with E-state index in [9.17, 15) is 9.59 Å². The Morgan fingerprint density at radius 2 is 2.09 bits per heavy atom. The lowest BCUT2D eigenvalue weighted by molar-refractivity contribution is -0.130. The molecule has 10 nitrogen and oxygen atoms in total. The zero-order chi connectivity index (χ0) is 24.7. The fraction of sp³-hybridized carbons (Fsp3) is 0.400. The lowest BCUT2D eigenvalue weighted by Crippen LogP contribution is -2.41. The Balaban J connectivity index is 1.40. The van der Waals surface area contributed by atoms with Crippen LogP contribution in [0.5, 0.6) is 5.75 Å². The summed E-state index contributed by atoms with van der Waals surface area (Å²) in [5.74, 6) is 0.601. The molecule has 1 fully saturated rings. The third kappa shape index (κ3) is 4.20. The smallest absolute Gasteiger partial charge is 0.259 e. The van der Waals surface area contributed by atoms with E-state index in [0.717, 1.165) is 30.2 Å². The molecule has 0 radical (unpaired) electrons. The molecule has 3 atom stereocenters. The first-order valence-electron chi connectivity index (χ1n) is 11.8. The van der Waals surface area contributed by atoms with Gasteiger partial charge in [0.1, 0.15) is 11.4 Å². The standard InChI is InChI=1S/C25H29N7O3/c1-15-10-18(30(3)16(2)33)6-7-22(15)32-14-17-11-19(23(35-4)12-20(17)29-32)25(34)28-21-13-27-31-9-5-8-26-24(21)31/h5,8-9,11-15,18,22H,6-7,10H2,1-4H3,(H,28,34)/t15-,18+,22+/m0/s1. The predicted octanol–water partition coefficient (Wildman–Crippen LogP) is 3.55. The number of anilines is 1. The number of hydrogen-bond donors (Lipinski definition) is 1. The molecule has 0 saturated heterocycles. The van der Waals surface area contributed by atoms with E-state index >= 15 is 0 Å². The largest absolute Gasteiger partial charge is 0.496 e. The van der Waals surface area contributed by atoms with Gasteiger partial charge in [0.15, 0.2) is 5.65 Å². The molecule has 0 aliphatic heterocycles. The average Bonchev–Trinajstić information content (AvgIpc) is 3.46. The number of ether oxygens (including phenoxy) is 1. The minimum absolute atomic E-state index is 0.100. The van der Waals surface area contributed by atoms with Crippen LogP contribution in [0.25, 0.3) is 16.6 Å². The van der Waals surface area contributed by atoms with Gasteiger partial charge in [-0.3, -0.25) is 14.3 Å². The molecule has 1 saturated carbocycles. The molecule has 1 aliphatic rings. The third-order valence-electron chi connectivity index (χ3n) is 7.10. The number of fused-ring (bicyclic) bond motifs is 2. The number of benzene rings is 1. The average molecular weight is 476 g/mol. The van der Waals surface area contributed by atoms with Crippen LogP contribution >= 0.6 is 0 Å². The van der Waals surface area contributed by atoms with Gasteiger partial charge in [0.2, 0.25) is 5.91 Å². The monoisotopic (exact) mass is 475 g/mol. The first-order valence-corrected chi connectivity index (χ1v) is 11.8. The molecule has 0 unspecified atom stereocenters. The molecular weight excluding hydrogens is 446 g/mol. The predicted molar refractivity (Wildman–Crippen MR) is 132 cm³/mol. The van der Waals surface area contributed by atoms with Crippen molar-refractivity contribution in [3.05, 3.63) is 48.5 Å². The number of methoxy groups -OCH3 is 1. The Hall–Kier alpha value is -3.95. The van der Waals surface area contributed by atoms with E-state index < -0.39 is 0 Å². The second-order valence-corrected chi connectivity index (χ2v) is 9.26. The molecule has 0 bridgehead atoms. The van der Waals surface area contributed by atoms with Crippen LogP contribution in [-0.4, -0.2) is 61.3 Å². The minimum atomic E-state index is -0.307. The van der Waals surface area contributed by atoms with Crippen LogP contribution in [-0.2, 0) is 4.79 Å². The van der Waals surface area contributed by atoms with E-state index in [4.69, 9.17) is 9.84 Å². The number of carbonyl (C=O) groups excluding carboxylic acids is 2. The van der Waals surface area contributed by atoms with Gasteiger partial charge < -0.3 is 15.0 Å². The van der Waals surface area contributed by atoms with Crippen LogP contribution < -0.4 is 10.1 Å². The molecule has 1 aliphatic carbocycles. The van der Waals surface area contributed by atoms with E-state index in [1.165, 1.54) is 0 Å². The first kappa shape index (κ1) is 22.8. The Morgan fingerprint density at radius 1 is 1.26 bits per heavy atom. The van der Waals surface area contributed by atoms with Gasteiger partial charge in [-0.2, -0.15) is 10.2 Å². The van der Waals surface area contributed by atoms with Crippen molar-refractivity contribution in [2.75, 3.05) is 19.5 Å². The van der Waals surface area contributed by atoms with Crippen LogP contribution in [0, 0.1) is 5.92 Å². The maximum absolute atomic E-state index is 13.2. The molecule has 35 heavy (non-hydrogen) atoms. The highest BCUT2D eigenvalue weighted by Gasteiger charge is 2.32. The fourth-order valence-corrected chi connectivity index (χ4v) is 5.05. The zero-order valence-electron chi connectivity index (χ0n) is 20.3. The summed E-state index contributed by atoms with van der Waals surface area (Å²) in [6, 6.07) is 5.87. The van der Waals surface area contributed by atoms with E-state index in [1.807, 2.05) is 28.9 Å². The molecule has 182 valence electrons. The van der Waals surface area contributed by atoms with Crippen molar-refractivity contribution in [2.24, 2.45) is 5.92 Å². The molecular formula is C25H29N7O3. The van der Waals surface area contributed by atoms with Gasteiger partial charge >= 0.3 is 0 Å². The van der Waals surface area contributed by atoms with Gasteiger partial charge in [0, 0.05) is 50.1 Å². The lowest BCUT2D eigenvalue weighted by Gasteiger charge is -2.38. The van der Waals surface area contributed by atoms with Crippen molar-refractivity contribution in [1.29, 1.82) is 0 Å². The molecule has 3 heterocycles. The van der Waals surface area contributed by atoms with Gasteiger partial charge in [-0.15, -0.1) is 0 Å². The summed E-state index contributed by atoms with van der Waals surface area (Å²) in [5, 5.41) is 12.8. The lowest BCUT2D eigenvalue weighted by atomic mass is 9.82. The number of nitrogens with one attached hydrogen (secondary N) is 1. The SMILES string of the molecule is COc1cc2nn([C@@H]3CC[C@@H](N(C)C(C)=O)C[C@@H]3C)cc2cc1C(=O)Nc1cnn2cccnc12. The van der Waals surface area contributed by atoms with Crippen molar-refractivity contribution in [3.8, 4) is 5.75 Å². The summed E-state index contributed by atoms with van der Waals surface area (Å²) in [5.41, 5.74) is 2.27. The third-order valence-corrected chi connectivity index (χ3v) is 7.10. The summed E-state index contributed by atoms with van der Waals surface area (Å²) < 4.78 is 9.15. The molecule has 2 amide bonds. The Kier molecular flexibility index (Phi) is 5.88. The highest BCUT2D eigenvalue weighted by molar-refractivity contribution is 6.09. The number of hydrogen-bond acceptors (Lipinski definition) is 6. The van der Waals surface area contributed by atoms with Gasteiger partial charge in [-0.25, -0.2) is 9.50 Å². The summed E-state index contributed by atoms with van der Waals surface area (Å²) >= 11 is 0. The molecule has 3 aromatic heterocycles. The van der Waals surface area contributed by atoms with Crippen molar-refractivity contribution in [3.63, 3.8) is 0 Å². The maximum atomic E-state index is 13.2. The summed E-state index contributed by atoms with van der Waals surface area (Å²) in [4.78, 5) is 31.1. The first-order chi connectivity index (χ1) is 16.9. The van der Waals surface area contributed by atoms with Gasteiger partial charge in [0.05, 0.1) is 30.4 Å². The second-order valence-electron chi connectivity index (χ2n) is 9.26. The fourth-order valence-electron chi connectivity index (χ4n) is 5.05. The van der Waals surface area contributed by atoms with Crippen molar-refractivity contribution in [1.82, 2.24) is 29.3 Å². The quantitative estimate of drug-likeness (QED) is 0.473. The van der Waals surface area contributed by atoms with E-state index in [1.54, 1.807) is 49.3 Å².